The Bertz CT molecular complexity index is 319. The summed E-state index contributed by atoms with van der Waals surface area (Å²) in [5.41, 5.74) is 0. The zero-order chi connectivity index (χ0) is 11.9. The lowest BCUT2D eigenvalue weighted by atomic mass is 10.0. The highest BCUT2D eigenvalue weighted by Gasteiger charge is 2.11. The zero-order valence-corrected chi connectivity index (χ0v) is 11.3. The van der Waals surface area contributed by atoms with E-state index < -0.39 is 0 Å². The van der Waals surface area contributed by atoms with Crippen LogP contribution < -0.4 is 10.1 Å². The molecule has 17 heavy (non-hydrogen) atoms. The molecule has 0 saturated carbocycles. The molecule has 0 amide bonds. The topological polar surface area (TPSA) is 21.3 Å². The van der Waals surface area contributed by atoms with Crippen molar-refractivity contribution in [2.45, 2.75) is 36.6 Å². The Hall–Kier alpha value is -0.670. The first-order valence-corrected chi connectivity index (χ1v) is 7.61. The standard InChI is InChI=1S/C14H21NOS/c1-17-14-7-5-13(6-8-14)16-11-9-12-4-2-3-10-15-12/h5-8,12,15H,2-4,9-11H2,1H3. The summed E-state index contributed by atoms with van der Waals surface area (Å²) in [4.78, 5) is 1.28. The average molecular weight is 251 g/mol. The molecule has 0 aromatic heterocycles. The van der Waals surface area contributed by atoms with Gasteiger partial charge in [0.1, 0.15) is 5.75 Å². The maximum Gasteiger partial charge on any atom is 0.119 e. The molecule has 0 aliphatic carbocycles. The van der Waals surface area contributed by atoms with Gasteiger partial charge in [-0.25, -0.2) is 0 Å². The fraction of sp³-hybridized carbons (Fsp3) is 0.571. The molecule has 0 spiro atoms. The minimum atomic E-state index is 0.661. The van der Waals surface area contributed by atoms with Gasteiger partial charge >= 0.3 is 0 Å². The van der Waals surface area contributed by atoms with E-state index in [0.717, 1.165) is 18.8 Å². The van der Waals surface area contributed by atoms with Crippen LogP contribution in [-0.2, 0) is 0 Å². The molecule has 1 heterocycles. The van der Waals surface area contributed by atoms with Crippen molar-refractivity contribution in [2.24, 2.45) is 0 Å². The van der Waals surface area contributed by atoms with Crippen molar-refractivity contribution in [3.8, 4) is 5.75 Å². The lowest BCUT2D eigenvalue weighted by Gasteiger charge is -2.23. The Morgan fingerprint density at radius 2 is 2.12 bits per heavy atom. The van der Waals surface area contributed by atoms with Gasteiger partial charge in [0, 0.05) is 10.9 Å². The number of thioether (sulfide) groups is 1. The fourth-order valence-corrected chi connectivity index (χ4v) is 2.57. The number of nitrogens with one attached hydrogen (secondary N) is 1. The van der Waals surface area contributed by atoms with E-state index >= 15 is 0 Å². The maximum absolute atomic E-state index is 5.76. The molecule has 1 atom stereocenters. The second-order valence-electron chi connectivity index (χ2n) is 4.46. The summed E-state index contributed by atoms with van der Waals surface area (Å²) < 4.78 is 5.76. The summed E-state index contributed by atoms with van der Waals surface area (Å²) in [5.74, 6) is 0.985. The Labute approximate surface area is 108 Å². The molecular weight excluding hydrogens is 230 g/mol. The van der Waals surface area contributed by atoms with Crippen LogP contribution in [0.1, 0.15) is 25.7 Å². The Kier molecular flexibility index (Phi) is 5.20. The first-order chi connectivity index (χ1) is 8.38. The van der Waals surface area contributed by atoms with E-state index in [-0.39, 0.29) is 0 Å². The molecule has 1 aliphatic rings. The Balaban J connectivity index is 1.69. The predicted molar refractivity (Wildman–Crippen MR) is 74.0 cm³/mol. The van der Waals surface area contributed by atoms with Gasteiger partial charge in [0.05, 0.1) is 6.61 Å². The minimum Gasteiger partial charge on any atom is -0.494 e. The molecule has 2 nitrogen and oxygen atoms in total. The van der Waals surface area contributed by atoms with Crippen LogP contribution in [0, 0.1) is 0 Å². The number of rotatable bonds is 5. The highest BCUT2D eigenvalue weighted by atomic mass is 32.2. The summed E-state index contributed by atoms with van der Waals surface area (Å²) in [5, 5.41) is 3.54. The van der Waals surface area contributed by atoms with E-state index in [4.69, 9.17) is 4.74 Å². The molecule has 1 saturated heterocycles. The van der Waals surface area contributed by atoms with Crippen molar-refractivity contribution >= 4 is 11.8 Å². The molecule has 1 aromatic rings. The molecule has 1 aromatic carbocycles. The quantitative estimate of drug-likeness (QED) is 0.811. The van der Waals surface area contributed by atoms with E-state index in [1.165, 1.54) is 30.7 Å². The van der Waals surface area contributed by atoms with Gasteiger partial charge in [0.15, 0.2) is 0 Å². The fourth-order valence-electron chi connectivity index (χ4n) is 2.16. The van der Waals surface area contributed by atoms with E-state index in [1.807, 2.05) is 0 Å². The lowest BCUT2D eigenvalue weighted by molar-refractivity contribution is 0.268. The molecule has 1 aliphatic heterocycles. The summed E-state index contributed by atoms with van der Waals surface area (Å²) in [7, 11) is 0. The number of hydrogen-bond acceptors (Lipinski definition) is 3. The van der Waals surface area contributed by atoms with Gasteiger partial charge in [-0.3, -0.25) is 0 Å². The largest absolute Gasteiger partial charge is 0.494 e. The second-order valence-corrected chi connectivity index (χ2v) is 5.34. The van der Waals surface area contributed by atoms with Crippen LogP contribution in [0.5, 0.6) is 5.75 Å². The minimum absolute atomic E-state index is 0.661. The van der Waals surface area contributed by atoms with Crippen LogP contribution in [0.25, 0.3) is 0 Å². The highest BCUT2D eigenvalue weighted by Crippen LogP contribution is 2.19. The Morgan fingerprint density at radius 1 is 1.29 bits per heavy atom. The number of benzene rings is 1. The van der Waals surface area contributed by atoms with Gasteiger partial charge < -0.3 is 10.1 Å². The smallest absolute Gasteiger partial charge is 0.119 e. The first-order valence-electron chi connectivity index (χ1n) is 6.39. The van der Waals surface area contributed by atoms with Crippen LogP contribution >= 0.6 is 11.8 Å². The third kappa shape index (κ3) is 4.25. The number of ether oxygens (including phenoxy) is 1. The zero-order valence-electron chi connectivity index (χ0n) is 10.4. The maximum atomic E-state index is 5.76. The molecule has 3 heteroatoms. The average Bonchev–Trinajstić information content (AvgIpc) is 2.41. The monoisotopic (exact) mass is 251 g/mol. The van der Waals surface area contributed by atoms with Gasteiger partial charge in [-0.2, -0.15) is 0 Å². The van der Waals surface area contributed by atoms with Gasteiger partial charge in [0.25, 0.3) is 0 Å². The van der Waals surface area contributed by atoms with Gasteiger partial charge in [-0.15, -0.1) is 11.8 Å². The van der Waals surface area contributed by atoms with Crippen LogP contribution in [0.15, 0.2) is 29.2 Å². The van der Waals surface area contributed by atoms with Crippen molar-refractivity contribution < 1.29 is 4.74 Å². The Morgan fingerprint density at radius 3 is 2.76 bits per heavy atom. The molecule has 1 N–H and O–H groups in total. The van der Waals surface area contributed by atoms with Crippen molar-refractivity contribution in [3.05, 3.63) is 24.3 Å². The SMILES string of the molecule is CSc1ccc(OCCC2CCCCN2)cc1. The molecule has 1 fully saturated rings. The van der Waals surface area contributed by atoms with Crippen LogP contribution in [0.2, 0.25) is 0 Å². The summed E-state index contributed by atoms with van der Waals surface area (Å²) >= 11 is 1.76. The second kappa shape index (κ2) is 6.92. The van der Waals surface area contributed by atoms with Crippen molar-refractivity contribution in [1.29, 1.82) is 0 Å². The molecule has 0 radical (unpaired) electrons. The summed E-state index contributed by atoms with van der Waals surface area (Å²) in [6.45, 7) is 1.99. The molecule has 0 bridgehead atoms. The number of piperidine rings is 1. The van der Waals surface area contributed by atoms with Gasteiger partial charge in [-0.05, 0) is 56.3 Å². The van der Waals surface area contributed by atoms with Gasteiger partial charge in [0.2, 0.25) is 0 Å². The molecular formula is C14H21NOS. The van der Waals surface area contributed by atoms with E-state index in [1.54, 1.807) is 11.8 Å². The molecule has 94 valence electrons. The van der Waals surface area contributed by atoms with E-state index in [9.17, 15) is 0 Å². The normalized spacial score (nSPS) is 20.2. The van der Waals surface area contributed by atoms with Crippen molar-refractivity contribution in [2.75, 3.05) is 19.4 Å². The van der Waals surface area contributed by atoms with Crippen LogP contribution in [0.4, 0.5) is 0 Å². The van der Waals surface area contributed by atoms with Crippen LogP contribution in [0.3, 0.4) is 0 Å². The molecule has 1 unspecified atom stereocenters. The van der Waals surface area contributed by atoms with Gasteiger partial charge in [-0.1, -0.05) is 6.42 Å². The highest BCUT2D eigenvalue weighted by molar-refractivity contribution is 7.98. The summed E-state index contributed by atoms with van der Waals surface area (Å²) in [6, 6.07) is 8.99. The number of hydrogen-bond donors (Lipinski definition) is 1. The van der Waals surface area contributed by atoms with E-state index in [2.05, 4.69) is 35.8 Å². The van der Waals surface area contributed by atoms with E-state index in [0.29, 0.717) is 6.04 Å². The third-order valence-electron chi connectivity index (χ3n) is 3.21. The van der Waals surface area contributed by atoms with Crippen LogP contribution in [-0.4, -0.2) is 25.4 Å². The lowest BCUT2D eigenvalue weighted by Crippen LogP contribution is -2.35. The third-order valence-corrected chi connectivity index (χ3v) is 3.95. The van der Waals surface area contributed by atoms with Crippen molar-refractivity contribution in [3.63, 3.8) is 0 Å². The first kappa shape index (κ1) is 12.8. The predicted octanol–water partition coefficient (Wildman–Crippen LogP) is 3.32. The molecule has 2 rings (SSSR count). The van der Waals surface area contributed by atoms with Crippen molar-refractivity contribution in [1.82, 2.24) is 5.32 Å². The summed E-state index contributed by atoms with van der Waals surface area (Å²) in [6.07, 6.45) is 7.19.